The van der Waals surface area contributed by atoms with E-state index in [4.69, 9.17) is 10.2 Å². The molecule has 0 aliphatic rings. The number of benzene rings is 1. The van der Waals surface area contributed by atoms with Gasteiger partial charge in [0.05, 0.1) is 22.6 Å². The van der Waals surface area contributed by atoms with Gasteiger partial charge in [-0.25, -0.2) is 0 Å². The van der Waals surface area contributed by atoms with Crippen LogP contribution in [0.25, 0.3) is 0 Å². The Morgan fingerprint density at radius 2 is 2.24 bits per heavy atom. The Morgan fingerprint density at radius 3 is 2.94 bits per heavy atom. The smallest absolute Gasteiger partial charge is 0.252 e. The summed E-state index contributed by atoms with van der Waals surface area (Å²) in [7, 11) is 0. The van der Waals surface area contributed by atoms with E-state index in [1.165, 1.54) is 0 Å². The molecule has 0 unspecified atom stereocenters. The molecular weight excluding hydrogens is 284 g/mol. The van der Waals surface area contributed by atoms with Gasteiger partial charge in [0.15, 0.2) is 0 Å². The van der Waals surface area contributed by atoms with Crippen molar-refractivity contribution in [1.82, 2.24) is 5.32 Å². The summed E-state index contributed by atoms with van der Waals surface area (Å²) in [5.74, 6) is -0.176. The average molecular weight is 295 g/mol. The van der Waals surface area contributed by atoms with E-state index in [0.29, 0.717) is 22.3 Å². The zero-order chi connectivity index (χ0) is 12.3. The number of amides is 1. The highest BCUT2D eigenvalue weighted by atomic mass is 79.9. The van der Waals surface area contributed by atoms with Gasteiger partial charge < -0.3 is 15.5 Å². The van der Waals surface area contributed by atoms with Gasteiger partial charge in [-0.1, -0.05) is 6.07 Å². The molecule has 2 rings (SSSR count). The quantitative estimate of drug-likeness (QED) is 0.855. The molecule has 0 bridgehead atoms. The molecule has 0 saturated heterocycles. The third kappa shape index (κ3) is 2.68. The van der Waals surface area contributed by atoms with Crippen LogP contribution in [0.5, 0.6) is 0 Å². The van der Waals surface area contributed by atoms with Crippen molar-refractivity contribution in [1.29, 1.82) is 0 Å². The minimum Gasteiger partial charge on any atom is -0.472 e. The van der Waals surface area contributed by atoms with Crippen molar-refractivity contribution in [3.05, 3.63) is 52.4 Å². The summed E-state index contributed by atoms with van der Waals surface area (Å²) in [5, 5.41) is 2.78. The Labute approximate surface area is 107 Å². The van der Waals surface area contributed by atoms with E-state index < -0.39 is 0 Å². The number of rotatable bonds is 3. The Bertz CT molecular complexity index is 523. The number of nitrogens with two attached hydrogens (primary N) is 1. The minimum atomic E-state index is -0.176. The van der Waals surface area contributed by atoms with Gasteiger partial charge in [-0.15, -0.1) is 0 Å². The summed E-state index contributed by atoms with van der Waals surface area (Å²) in [6, 6.07) is 6.99. The van der Waals surface area contributed by atoms with Gasteiger partial charge in [-0.3, -0.25) is 4.79 Å². The molecule has 2 aromatic rings. The first-order valence-corrected chi connectivity index (χ1v) is 5.81. The summed E-state index contributed by atoms with van der Waals surface area (Å²) >= 11 is 3.30. The monoisotopic (exact) mass is 294 g/mol. The molecule has 88 valence electrons. The van der Waals surface area contributed by atoms with Crippen molar-refractivity contribution < 1.29 is 9.21 Å². The van der Waals surface area contributed by atoms with E-state index in [2.05, 4.69) is 21.2 Å². The van der Waals surface area contributed by atoms with Crippen LogP contribution in [0.2, 0.25) is 0 Å². The fraction of sp³-hybridized carbons (Fsp3) is 0.0833. The number of halogens is 1. The van der Waals surface area contributed by atoms with Crippen molar-refractivity contribution in [2.75, 3.05) is 5.73 Å². The van der Waals surface area contributed by atoms with Crippen LogP contribution in [-0.2, 0) is 6.54 Å². The lowest BCUT2D eigenvalue weighted by atomic mass is 10.2. The fourth-order valence-electron chi connectivity index (χ4n) is 1.40. The predicted molar refractivity (Wildman–Crippen MR) is 68.4 cm³/mol. The first-order chi connectivity index (χ1) is 8.18. The second kappa shape index (κ2) is 5.05. The summed E-state index contributed by atoms with van der Waals surface area (Å²) < 4.78 is 5.53. The molecule has 0 aliphatic heterocycles. The molecule has 1 aromatic carbocycles. The number of hydrogen-bond donors (Lipinski definition) is 2. The van der Waals surface area contributed by atoms with E-state index in [9.17, 15) is 4.79 Å². The molecule has 0 radical (unpaired) electrons. The maximum absolute atomic E-state index is 11.9. The first-order valence-electron chi connectivity index (χ1n) is 5.01. The van der Waals surface area contributed by atoms with Gasteiger partial charge in [0.1, 0.15) is 0 Å². The Morgan fingerprint density at radius 1 is 1.41 bits per heavy atom. The van der Waals surface area contributed by atoms with Crippen LogP contribution < -0.4 is 11.1 Å². The molecule has 17 heavy (non-hydrogen) atoms. The molecule has 1 aromatic heterocycles. The Kier molecular flexibility index (Phi) is 3.49. The van der Waals surface area contributed by atoms with Crippen molar-refractivity contribution in [3.8, 4) is 0 Å². The number of carbonyl (C=O) groups is 1. The lowest BCUT2D eigenvalue weighted by molar-refractivity contribution is 0.0950. The molecule has 3 N–H and O–H groups in total. The Hall–Kier alpha value is -1.75. The van der Waals surface area contributed by atoms with Crippen LogP contribution in [0.15, 0.2) is 45.7 Å². The topological polar surface area (TPSA) is 68.3 Å². The number of anilines is 1. The first kappa shape index (κ1) is 11.7. The van der Waals surface area contributed by atoms with Crippen LogP contribution in [-0.4, -0.2) is 5.91 Å². The maximum atomic E-state index is 11.9. The highest BCUT2D eigenvalue weighted by Gasteiger charge is 2.11. The van der Waals surface area contributed by atoms with E-state index in [1.54, 1.807) is 36.8 Å². The number of nitrogens with one attached hydrogen (secondary N) is 1. The second-order valence-corrected chi connectivity index (χ2v) is 4.32. The lowest BCUT2D eigenvalue weighted by Gasteiger charge is -2.07. The van der Waals surface area contributed by atoms with Crippen LogP contribution in [0, 0.1) is 0 Å². The molecule has 5 heteroatoms. The van der Waals surface area contributed by atoms with Gasteiger partial charge in [0.25, 0.3) is 5.91 Å². The molecule has 1 heterocycles. The van der Waals surface area contributed by atoms with Crippen LogP contribution in [0.4, 0.5) is 5.69 Å². The summed E-state index contributed by atoms with van der Waals surface area (Å²) in [5.41, 5.74) is 7.69. The van der Waals surface area contributed by atoms with Crippen LogP contribution in [0.1, 0.15) is 15.9 Å². The SMILES string of the molecule is Nc1cccc(C(=O)NCc2ccoc2)c1Br. The van der Waals surface area contributed by atoms with E-state index in [-0.39, 0.29) is 5.91 Å². The standard InChI is InChI=1S/C12H11BrN2O2/c13-11-9(2-1-3-10(11)14)12(16)15-6-8-4-5-17-7-8/h1-5,7H,6,14H2,(H,15,16). The normalized spacial score (nSPS) is 10.2. The third-order valence-corrected chi connectivity index (χ3v) is 3.19. The van der Waals surface area contributed by atoms with Gasteiger partial charge in [0, 0.05) is 17.8 Å². The van der Waals surface area contributed by atoms with E-state index in [1.807, 2.05) is 0 Å². The zero-order valence-corrected chi connectivity index (χ0v) is 10.5. The third-order valence-electron chi connectivity index (χ3n) is 2.31. The van der Waals surface area contributed by atoms with Crippen molar-refractivity contribution in [2.24, 2.45) is 0 Å². The highest BCUT2D eigenvalue weighted by Crippen LogP contribution is 2.23. The van der Waals surface area contributed by atoms with E-state index >= 15 is 0 Å². The van der Waals surface area contributed by atoms with Crippen molar-refractivity contribution in [2.45, 2.75) is 6.54 Å². The van der Waals surface area contributed by atoms with Crippen LogP contribution in [0.3, 0.4) is 0 Å². The molecule has 0 atom stereocenters. The van der Waals surface area contributed by atoms with Gasteiger partial charge >= 0.3 is 0 Å². The van der Waals surface area contributed by atoms with Gasteiger partial charge in [-0.05, 0) is 34.1 Å². The number of nitrogen functional groups attached to an aromatic ring is 1. The maximum Gasteiger partial charge on any atom is 0.252 e. The molecule has 4 nitrogen and oxygen atoms in total. The van der Waals surface area contributed by atoms with Crippen molar-refractivity contribution in [3.63, 3.8) is 0 Å². The molecule has 1 amide bonds. The van der Waals surface area contributed by atoms with E-state index in [0.717, 1.165) is 5.56 Å². The largest absolute Gasteiger partial charge is 0.472 e. The second-order valence-electron chi connectivity index (χ2n) is 3.52. The van der Waals surface area contributed by atoms with Gasteiger partial charge in [-0.2, -0.15) is 0 Å². The molecule has 0 saturated carbocycles. The predicted octanol–water partition coefficient (Wildman–Crippen LogP) is 2.55. The zero-order valence-electron chi connectivity index (χ0n) is 8.94. The van der Waals surface area contributed by atoms with Crippen LogP contribution >= 0.6 is 15.9 Å². The molecule has 0 spiro atoms. The summed E-state index contributed by atoms with van der Waals surface area (Å²) in [6.07, 6.45) is 3.16. The highest BCUT2D eigenvalue weighted by molar-refractivity contribution is 9.10. The lowest BCUT2D eigenvalue weighted by Crippen LogP contribution is -2.23. The Balaban J connectivity index is 2.07. The van der Waals surface area contributed by atoms with Gasteiger partial charge in [0.2, 0.25) is 0 Å². The number of carbonyl (C=O) groups excluding carboxylic acids is 1. The van der Waals surface area contributed by atoms with Crippen molar-refractivity contribution >= 4 is 27.5 Å². The number of hydrogen-bond acceptors (Lipinski definition) is 3. The summed E-state index contributed by atoms with van der Waals surface area (Å²) in [6.45, 7) is 0.427. The molecule has 0 aliphatic carbocycles. The molecular formula is C12H11BrN2O2. The number of furan rings is 1. The average Bonchev–Trinajstić information content (AvgIpc) is 2.82. The minimum absolute atomic E-state index is 0.176. The summed E-state index contributed by atoms with van der Waals surface area (Å²) in [4.78, 5) is 11.9. The fourth-order valence-corrected chi connectivity index (χ4v) is 1.84. The molecule has 0 fully saturated rings.